The number of ether oxygens (including phenoxy) is 3. The van der Waals surface area contributed by atoms with Gasteiger partial charge in [-0.3, -0.25) is 10.3 Å². The number of halogens is 1. The number of aromatic nitrogens is 4. The maximum atomic E-state index is 15.2. The minimum Gasteiger partial charge on any atom is -0.483 e. The number of hydrogen-bond acceptors (Lipinski definition) is 10. The molecule has 204 valence electrons. The van der Waals surface area contributed by atoms with Gasteiger partial charge in [-0.25, -0.2) is 24.1 Å². The number of hydrogen-bond donors (Lipinski definition) is 2. The fourth-order valence-corrected chi connectivity index (χ4v) is 5.69. The first kappa shape index (κ1) is 25.8. The molecule has 0 saturated heterocycles. The lowest BCUT2D eigenvalue weighted by Crippen LogP contribution is -2.32. The predicted octanol–water partition coefficient (Wildman–Crippen LogP) is 5.49. The van der Waals surface area contributed by atoms with Gasteiger partial charge in [-0.2, -0.15) is 0 Å². The van der Waals surface area contributed by atoms with Crippen molar-refractivity contribution in [2.45, 2.75) is 38.1 Å². The van der Waals surface area contributed by atoms with E-state index in [1.807, 2.05) is 0 Å². The highest BCUT2D eigenvalue weighted by atomic mass is 32.1. The average Bonchev–Trinajstić information content (AvgIpc) is 3.58. The molecule has 3 aromatic heterocycles. The molecule has 40 heavy (non-hydrogen) atoms. The molecule has 2 aromatic carbocycles. The van der Waals surface area contributed by atoms with Gasteiger partial charge in [0.2, 0.25) is 5.88 Å². The number of nitrogens with zero attached hydrogens (tertiary/aromatic N) is 4. The molecule has 5 aromatic rings. The summed E-state index contributed by atoms with van der Waals surface area (Å²) in [7, 11) is 1.51. The number of pyridine rings is 1. The van der Waals surface area contributed by atoms with Gasteiger partial charge in [-0.15, -0.1) is 11.3 Å². The van der Waals surface area contributed by atoms with E-state index >= 15 is 4.39 Å². The molecule has 6 rings (SSSR count). The highest BCUT2D eigenvalue weighted by Crippen LogP contribution is 2.38. The molecular weight excluding hydrogens is 537 g/mol. The summed E-state index contributed by atoms with van der Waals surface area (Å²) in [6.45, 7) is -0.190. The first-order chi connectivity index (χ1) is 19.5. The monoisotopic (exact) mass is 561 g/mol. The topological polar surface area (TPSA) is 129 Å². The van der Waals surface area contributed by atoms with E-state index < -0.39 is 24.1 Å². The second kappa shape index (κ2) is 11.0. The van der Waals surface area contributed by atoms with Gasteiger partial charge in [0.05, 0.1) is 53.0 Å². The van der Waals surface area contributed by atoms with E-state index in [-0.39, 0.29) is 12.4 Å². The van der Waals surface area contributed by atoms with Crippen LogP contribution in [0.25, 0.3) is 31.8 Å². The standard InChI is InChI=1S/C28H24FN5O5S/c1-37-25-13-31-26-17(8-15(14-35)9-20(26)33-25)27-34-19-10-18(29)23(11-24(19)40-27)38-21-5-2-6-22(21)39-28(36)32-16-4-3-7-30-12-16/h3-4,7-13,21-22,35H,2,5-6,14H2,1H3,(H,32,36)/t21-,22+/m1/s1. The maximum Gasteiger partial charge on any atom is 0.412 e. The molecule has 1 amide bonds. The van der Waals surface area contributed by atoms with Crippen molar-refractivity contribution in [3.63, 3.8) is 0 Å². The van der Waals surface area contributed by atoms with Crippen LogP contribution in [0.3, 0.4) is 0 Å². The number of fused-ring (bicyclic) bond motifs is 2. The Hall–Kier alpha value is -4.42. The Bertz CT molecular complexity index is 1690. The zero-order valence-electron chi connectivity index (χ0n) is 21.3. The number of nitrogens with one attached hydrogen (secondary N) is 1. The van der Waals surface area contributed by atoms with Crippen molar-refractivity contribution in [3.8, 4) is 22.2 Å². The van der Waals surface area contributed by atoms with Gasteiger partial charge in [0.1, 0.15) is 17.2 Å². The molecule has 0 radical (unpaired) electrons. The molecule has 12 heteroatoms. The number of thiazole rings is 1. The van der Waals surface area contributed by atoms with Crippen LogP contribution in [0.5, 0.6) is 11.6 Å². The van der Waals surface area contributed by atoms with Crippen LogP contribution in [0.1, 0.15) is 24.8 Å². The van der Waals surface area contributed by atoms with Crippen molar-refractivity contribution < 1.29 is 28.5 Å². The van der Waals surface area contributed by atoms with E-state index in [1.54, 1.807) is 36.5 Å². The van der Waals surface area contributed by atoms with E-state index in [0.717, 1.165) is 6.42 Å². The molecule has 0 aliphatic heterocycles. The van der Waals surface area contributed by atoms with Crippen LogP contribution < -0.4 is 14.8 Å². The average molecular weight is 562 g/mol. The molecule has 1 fully saturated rings. The number of aliphatic hydroxyl groups is 1. The Morgan fingerprint density at radius 1 is 1.15 bits per heavy atom. The molecule has 10 nitrogen and oxygen atoms in total. The molecule has 2 N–H and O–H groups in total. The summed E-state index contributed by atoms with van der Waals surface area (Å²) in [6, 6.07) is 9.89. The highest BCUT2D eigenvalue weighted by Gasteiger charge is 2.33. The van der Waals surface area contributed by atoms with Gasteiger partial charge in [-0.05, 0) is 49.1 Å². The Morgan fingerprint density at radius 3 is 2.83 bits per heavy atom. The minimum absolute atomic E-state index is 0.0642. The molecule has 0 unspecified atom stereocenters. The van der Waals surface area contributed by atoms with E-state index in [4.69, 9.17) is 14.2 Å². The molecular formula is C28H24FN5O5S. The summed E-state index contributed by atoms with van der Waals surface area (Å²) >= 11 is 1.35. The normalized spacial score (nSPS) is 16.8. The summed E-state index contributed by atoms with van der Waals surface area (Å²) < 4.78 is 32.7. The number of aliphatic hydroxyl groups excluding tert-OH is 1. The molecule has 0 spiro atoms. The second-order valence-electron chi connectivity index (χ2n) is 9.25. The number of amides is 1. The fraction of sp³-hybridized carbons (Fsp3) is 0.250. The smallest absolute Gasteiger partial charge is 0.412 e. The van der Waals surface area contributed by atoms with Gasteiger partial charge in [0.25, 0.3) is 0 Å². The lowest BCUT2D eigenvalue weighted by molar-refractivity contribution is 0.0401. The quantitative estimate of drug-likeness (QED) is 0.265. The minimum atomic E-state index is -0.616. The van der Waals surface area contributed by atoms with Crippen LogP contribution in [0.15, 0.2) is 55.0 Å². The Labute approximate surface area is 231 Å². The summed E-state index contributed by atoms with van der Waals surface area (Å²) in [5.41, 5.74) is 3.43. The molecule has 1 aliphatic rings. The number of carbonyl (C=O) groups is 1. The third-order valence-corrected chi connectivity index (χ3v) is 7.64. The third kappa shape index (κ3) is 5.23. The number of benzene rings is 2. The van der Waals surface area contributed by atoms with E-state index in [1.165, 1.54) is 36.9 Å². The Balaban J connectivity index is 1.25. The van der Waals surface area contributed by atoms with Crippen LogP contribution in [0, 0.1) is 5.82 Å². The van der Waals surface area contributed by atoms with Crippen molar-refractivity contribution >= 4 is 44.4 Å². The molecule has 2 atom stereocenters. The molecule has 3 heterocycles. The van der Waals surface area contributed by atoms with E-state index in [0.29, 0.717) is 61.8 Å². The lowest BCUT2D eigenvalue weighted by atomic mass is 10.1. The van der Waals surface area contributed by atoms with E-state index in [9.17, 15) is 9.90 Å². The highest BCUT2D eigenvalue weighted by molar-refractivity contribution is 7.21. The van der Waals surface area contributed by atoms with Crippen molar-refractivity contribution in [1.29, 1.82) is 0 Å². The predicted molar refractivity (Wildman–Crippen MR) is 147 cm³/mol. The number of carbonyl (C=O) groups excluding carboxylic acids is 1. The second-order valence-corrected chi connectivity index (χ2v) is 10.3. The molecule has 1 aliphatic carbocycles. The fourth-order valence-electron chi connectivity index (χ4n) is 4.70. The zero-order chi connectivity index (χ0) is 27.6. The number of methoxy groups -OCH3 is 1. The van der Waals surface area contributed by atoms with Crippen LogP contribution in [0.2, 0.25) is 0 Å². The first-order valence-electron chi connectivity index (χ1n) is 12.6. The maximum absolute atomic E-state index is 15.2. The van der Waals surface area contributed by atoms with Gasteiger partial charge in [0.15, 0.2) is 11.6 Å². The van der Waals surface area contributed by atoms with Crippen LogP contribution >= 0.6 is 11.3 Å². The Morgan fingerprint density at radius 2 is 2.02 bits per heavy atom. The van der Waals surface area contributed by atoms with Gasteiger partial charge >= 0.3 is 6.09 Å². The van der Waals surface area contributed by atoms with Crippen molar-refractivity contribution in [1.82, 2.24) is 19.9 Å². The number of anilines is 1. The van der Waals surface area contributed by atoms with Crippen molar-refractivity contribution in [2.24, 2.45) is 0 Å². The molecule has 0 bridgehead atoms. The van der Waals surface area contributed by atoms with Crippen LogP contribution in [0.4, 0.5) is 14.9 Å². The molecule has 1 saturated carbocycles. The summed E-state index contributed by atoms with van der Waals surface area (Å²) in [5, 5.41) is 13.0. The van der Waals surface area contributed by atoms with Crippen molar-refractivity contribution in [2.75, 3.05) is 12.4 Å². The first-order valence-corrected chi connectivity index (χ1v) is 13.4. The van der Waals surface area contributed by atoms with Gasteiger partial charge in [-0.1, -0.05) is 0 Å². The van der Waals surface area contributed by atoms with Gasteiger partial charge in [0, 0.05) is 23.9 Å². The summed E-state index contributed by atoms with van der Waals surface area (Å²) in [4.78, 5) is 29.9. The third-order valence-electron chi connectivity index (χ3n) is 6.59. The summed E-state index contributed by atoms with van der Waals surface area (Å²) in [5.74, 6) is -0.145. The SMILES string of the molecule is COc1cnc2c(-c3nc4cc(F)c(O[C@@H]5CCC[C@@H]5OC(=O)Nc5cccnc5)cc4s3)cc(CO)cc2n1. The summed E-state index contributed by atoms with van der Waals surface area (Å²) in [6.07, 6.45) is 5.03. The van der Waals surface area contributed by atoms with Crippen LogP contribution in [-0.2, 0) is 11.3 Å². The van der Waals surface area contributed by atoms with E-state index in [2.05, 4.69) is 25.3 Å². The lowest BCUT2D eigenvalue weighted by Gasteiger charge is -2.22. The number of rotatable bonds is 7. The largest absolute Gasteiger partial charge is 0.483 e. The van der Waals surface area contributed by atoms with Gasteiger partial charge < -0.3 is 19.3 Å². The zero-order valence-corrected chi connectivity index (χ0v) is 22.2. The Kier molecular flexibility index (Phi) is 7.10. The van der Waals surface area contributed by atoms with Crippen LogP contribution in [-0.4, -0.2) is 50.5 Å². The van der Waals surface area contributed by atoms with Crippen molar-refractivity contribution in [3.05, 3.63) is 66.4 Å².